The molecule has 0 aliphatic heterocycles. The van der Waals surface area contributed by atoms with Gasteiger partial charge in [0.1, 0.15) is 0 Å². The van der Waals surface area contributed by atoms with Crippen molar-refractivity contribution in [2.45, 2.75) is 24.0 Å². The Morgan fingerprint density at radius 1 is 1.26 bits per heavy atom. The Hall–Kier alpha value is -1.29. The predicted molar refractivity (Wildman–Crippen MR) is 84.2 cm³/mol. The minimum Gasteiger partial charge on any atom is -0.377 e. The molecule has 1 heterocycles. The summed E-state index contributed by atoms with van der Waals surface area (Å²) >= 11 is 7.05. The monoisotopic (exact) mass is 384 g/mol. The predicted octanol–water partition coefficient (Wildman–Crippen LogP) is 4.24. The van der Waals surface area contributed by atoms with Crippen LogP contribution in [0.1, 0.15) is 23.4 Å². The van der Waals surface area contributed by atoms with Crippen LogP contribution in [0.25, 0.3) is 0 Å². The SMILES string of the molecule is C[C@@H](Nc1ccc(S(N)(=O)=O)cc1C(F)(F)F)c1ccc(Cl)s1. The fourth-order valence-corrected chi connectivity index (χ4v) is 3.53. The zero-order valence-electron chi connectivity index (χ0n) is 11.7. The van der Waals surface area contributed by atoms with E-state index in [1.807, 2.05) is 0 Å². The third-order valence-corrected chi connectivity index (χ3v) is 5.34. The number of alkyl halides is 3. The van der Waals surface area contributed by atoms with Gasteiger partial charge in [0.25, 0.3) is 0 Å². The Balaban J connectivity index is 2.42. The first-order chi connectivity index (χ1) is 10.5. The fourth-order valence-electron chi connectivity index (χ4n) is 1.93. The van der Waals surface area contributed by atoms with E-state index in [9.17, 15) is 21.6 Å². The second-order valence-corrected chi connectivity index (χ2v) is 8.07. The van der Waals surface area contributed by atoms with Crippen molar-refractivity contribution in [3.05, 3.63) is 45.1 Å². The molecule has 0 amide bonds. The number of thiophene rings is 1. The molecule has 23 heavy (non-hydrogen) atoms. The van der Waals surface area contributed by atoms with Gasteiger partial charge in [-0.05, 0) is 37.3 Å². The highest BCUT2D eigenvalue weighted by molar-refractivity contribution is 7.89. The Bertz CT molecular complexity index is 819. The number of halogens is 4. The first kappa shape index (κ1) is 18.1. The van der Waals surface area contributed by atoms with E-state index in [1.54, 1.807) is 19.1 Å². The smallest absolute Gasteiger partial charge is 0.377 e. The van der Waals surface area contributed by atoms with Crippen molar-refractivity contribution >= 4 is 38.6 Å². The van der Waals surface area contributed by atoms with E-state index in [1.165, 1.54) is 11.3 Å². The van der Waals surface area contributed by atoms with E-state index in [0.29, 0.717) is 10.4 Å². The van der Waals surface area contributed by atoms with Crippen molar-refractivity contribution in [2.75, 3.05) is 5.32 Å². The molecule has 3 N–H and O–H groups in total. The van der Waals surface area contributed by atoms with Crippen molar-refractivity contribution in [2.24, 2.45) is 5.14 Å². The van der Waals surface area contributed by atoms with Gasteiger partial charge < -0.3 is 5.32 Å². The fraction of sp³-hybridized carbons (Fsp3) is 0.231. The number of hydrogen-bond donors (Lipinski definition) is 2. The average molecular weight is 385 g/mol. The van der Waals surface area contributed by atoms with Gasteiger partial charge in [-0.15, -0.1) is 11.3 Å². The molecule has 0 saturated carbocycles. The van der Waals surface area contributed by atoms with Gasteiger partial charge in [0.15, 0.2) is 0 Å². The van der Waals surface area contributed by atoms with Crippen LogP contribution >= 0.6 is 22.9 Å². The highest BCUT2D eigenvalue weighted by Crippen LogP contribution is 2.38. The Morgan fingerprint density at radius 2 is 1.91 bits per heavy atom. The molecular formula is C13H12ClF3N2O2S2. The molecule has 0 unspecified atom stereocenters. The van der Waals surface area contributed by atoms with Crippen LogP contribution in [0.2, 0.25) is 4.34 Å². The van der Waals surface area contributed by atoms with E-state index in [4.69, 9.17) is 16.7 Å². The summed E-state index contributed by atoms with van der Waals surface area (Å²) in [6.45, 7) is 1.68. The van der Waals surface area contributed by atoms with Crippen LogP contribution < -0.4 is 10.5 Å². The topological polar surface area (TPSA) is 72.2 Å². The summed E-state index contributed by atoms with van der Waals surface area (Å²) < 4.78 is 62.6. The molecule has 0 aliphatic rings. The lowest BCUT2D eigenvalue weighted by Gasteiger charge is -2.19. The molecule has 2 rings (SSSR count). The zero-order chi connectivity index (χ0) is 17.4. The van der Waals surface area contributed by atoms with Crippen molar-refractivity contribution in [3.8, 4) is 0 Å². The second-order valence-electron chi connectivity index (χ2n) is 4.76. The van der Waals surface area contributed by atoms with E-state index in [-0.39, 0.29) is 5.69 Å². The largest absolute Gasteiger partial charge is 0.418 e. The number of nitrogens with one attached hydrogen (secondary N) is 1. The lowest BCUT2D eigenvalue weighted by atomic mass is 10.1. The molecule has 4 nitrogen and oxygen atoms in total. The summed E-state index contributed by atoms with van der Waals surface area (Å²) in [5.74, 6) is 0. The van der Waals surface area contributed by atoms with Crippen LogP contribution in [0.15, 0.2) is 35.2 Å². The molecule has 0 spiro atoms. The van der Waals surface area contributed by atoms with E-state index < -0.39 is 32.7 Å². The van der Waals surface area contributed by atoms with Crippen molar-refractivity contribution in [1.82, 2.24) is 0 Å². The van der Waals surface area contributed by atoms with Gasteiger partial charge in [-0.3, -0.25) is 0 Å². The Morgan fingerprint density at radius 3 is 2.39 bits per heavy atom. The van der Waals surface area contributed by atoms with Crippen molar-refractivity contribution < 1.29 is 21.6 Å². The number of benzene rings is 1. The minimum absolute atomic E-state index is 0.234. The van der Waals surface area contributed by atoms with Crippen LogP contribution in [0, 0.1) is 0 Å². The third kappa shape index (κ3) is 4.37. The van der Waals surface area contributed by atoms with E-state index in [2.05, 4.69) is 5.32 Å². The lowest BCUT2D eigenvalue weighted by Crippen LogP contribution is -2.17. The standard InChI is InChI=1S/C13H12ClF3N2O2S2/c1-7(11-4-5-12(14)22-11)19-10-3-2-8(23(18,20)21)6-9(10)13(15,16)17/h2-7,19H,1H3,(H2,18,20,21)/t7-/m1/s1. The average Bonchev–Trinajstić information content (AvgIpc) is 2.83. The number of hydrogen-bond acceptors (Lipinski definition) is 4. The summed E-state index contributed by atoms with van der Waals surface area (Å²) in [5.41, 5.74) is -1.33. The Labute approximate surface area is 140 Å². The number of sulfonamides is 1. The number of anilines is 1. The zero-order valence-corrected chi connectivity index (χ0v) is 14.1. The summed E-state index contributed by atoms with van der Waals surface area (Å²) in [6, 6.07) is 5.51. The van der Waals surface area contributed by atoms with E-state index in [0.717, 1.165) is 17.0 Å². The van der Waals surface area contributed by atoms with Gasteiger partial charge in [0.2, 0.25) is 10.0 Å². The molecule has 0 aliphatic carbocycles. The first-order valence-electron chi connectivity index (χ1n) is 6.24. The molecule has 2 aromatic rings. The molecule has 0 radical (unpaired) electrons. The van der Waals surface area contributed by atoms with Crippen LogP contribution in [-0.2, 0) is 16.2 Å². The number of primary sulfonamides is 1. The lowest BCUT2D eigenvalue weighted by molar-refractivity contribution is -0.137. The van der Waals surface area contributed by atoms with Gasteiger partial charge in [-0.2, -0.15) is 13.2 Å². The summed E-state index contributed by atoms with van der Waals surface area (Å²) in [5, 5.41) is 7.61. The molecule has 10 heteroatoms. The number of nitrogens with two attached hydrogens (primary N) is 1. The van der Waals surface area contributed by atoms with Gasteiger partial charge in [-0.25, -0.2) is 13.6 Å². The van der Waals surface area contributed by atoms with Crippen LogP contribution in [0.4, 0.5) is 18.9 Å². The molecule has 1 atom stereocenters. The summed E-state index contributed by atoms with van der Waals surface area (Å²) in [6.07, 6.45) is -4.73. The van der Waals surface area contributed by atoms with Crippen LogP contribution in [0.5, 0.6) is 0 Å². The molecule has 126 valence electrons. The summed E-state index contributed by atoms with van der Waals surface area (Å²) in [7, 11) is -4.22. The summed E-state index contributed by atoms with van der Waals surface area (Å²) in [4.78, 5) is 0.154. The first-order valence-corrected chi connectivity index (χ1v) is 8.98. The second kappa shape index (κ2) is 6.31. The highest BCUT2D eigenvalue weighted by Gasteiger charge is 2.35. The molecule has 0 fully saturated rings. The van der Waals surface area contributed by atoms with Crippen LogP contribution in [-0.4, -0.2) is 8.42 Å². The van der Waals surface area contributed by atoms with Crippen molar-refractivity contribution in [1.29, 1.82) is 0 Å². The molecule has 0 saturated heterocycles. The molecule has 1 aromatic heterocycles. The van der Waals surface area contributed by atoms with Gasteiger partial charge in [-0.1, -0.05) is 11.6 Å². The Kier molecular flexibility index (Phi) is 4.95. The maximum Gasteiger partial charge on any atom is 0.418 e. The van der Waals surface area contributed by atoms with Crippen molar-refractivity contribution in [3.63, 3.8) is 0 Å². The van der Waals surface area contributed by atoms with E-state index >= 15 is 0 Å². The maximum absolute atomic E-state index is 13.2. The molecular weight excluding hydrogens is 373 g/mol. The van der Waals surface area contributed by atoms with Gasteiger partial charge in [0.05, 0.1) is 20.8 Å². The highest BCUT2D eigenvalue weighted by atomic mass is 35.5. The molecule has 0 bridgehead atoms. The minimum atomic E-state index is -4.73. The normalized spacial score (nSPS) is 13.8. The van der Waals surface area contributed by atoms with Crippen LogP contribution in [0.3, 0.4) is 0 Å². The number of rotatable bonds is 4. The van der Waals surface area contributed by atoms with Gasteiger partial charge >= 0.3 is 6.18 Å². The third-order valence-electron chi connectivity index (χ3n) is 3.02. The quantitative estimate of drug-likeness (QED) is 0.828. The van der Waals surface area contributed by atoms with Gasteiger partial charge in [0, 0.05) is 10.6 Å². The molecule has 1 aromatic carbocycles. The maximum atomic E-state index is 13.2.